The number of aryl methyl sites for hydroxylation is 1. The van der Waals surface area contributed by atoms with Crippen LogP contribution in [0.15, 0.2) is 12.1 Å². The average Bonchev–Trinajstić information content (AvgIpc) is 2.92. The Morgan fingerprint density at radius 1 is 1.21 bits per heavy atom. The van der Waals surface area contributed by atoms with Crippen LogP contribution in [0, 0.1) is 6.92 Å². The van der Waals surface area contributed by atoms with Gasteiger partial charge in [0.15, 0.2) is 0 Å². The van der Waals surface area contributed by atoms with Crippen molar-refractivity contribution in [3.63, 3.8) is 0 Å². The van der Waals surface area contributed by atoms with Gasteiger partial charge in [0.2, 0.25) is 5.88 Å². The first-order valence-electron chi connectivity index (χ1n) is 7.36. The summed E-state index contributed by atoms with van der Waals surface area (Å²) >= 11 is 13.2. The third kappa shape index (κ3) is 3.58. The van der Waals surface area contributed by atoms with Crippen LogP contribution in [-0.2, 0) is 0 Å². The predicted molar refractivity (Wildman–Crippen MR) is 95.8 cm³/mol. The van der Waals surface area contributed by atoms with Crippen LogP contribution in [0.4, 0.5) is 5.82 Å². The summed E-state index contributed by atoms with van der Waals surface area (Å²) in [6.07, 6.45) is 0. The summed E-state index contributed by atoms with van der Waals surface area (Å²) in [4.78, 5) is 25.1. The molecule has 3 heterocycles. The van der Waals surface area contributed by atoms with E-state index in [1.54, 1.807) is 24.1 Å². The predicted octanol–water partition coefficient (Wildman–Crippen LogP) is 3.12. The van der Waals surface area contributed by atoms with E-state index in [1.807, 2.05) is 6.92 Å². The standard InChI is InChI=1S/C15H16Cl2N4O2S/c1-9-18-12(8-13(19-9)23-2)20-3-5-21(6-4-20)15(22)10-7-11(16)24-14(10)17/h7-8H,3-6H2,1-2H3. The molecule has 6 nitrogen and oxygen atoms in total. The van der Waals surface area contributed by atoms with Gasteiger partial charge in [0.1, 0.15) is 16.0 Å². The zero-order valence-corrected chi connectivity index (χ0v) is 15.6. The van der Waals surface area contributed by atoms with Crippen LogP contribution < -0.4 is 9.64 Å². The van der Waals surface area contributed by atoms with Crippen LogP contribution in [0.25, 0.3) is 0 Å². The molecule has 0 N–H and O–H groups in total. The smallest absolute Gasteiger partial charge is 0.256 e. The van der Waals surface area contributed by atoms with Crippen molar-refractivity contribution < 1.29 is 9.53 Å². The molecule has 1 aliphatic rings. The summed E-state index contributed by atoms with van der Waals surface area (Å²) in [5.41, 5.74) is 0.472. The van der Waals surface area contributed by atoms with Gasteiger partial charge in [0.05, 0.1) is 17.0 Å². The monoisotopic (exact) mass is 386 g/mol. The van der Waals surface area contributed by atoms with Crippen molar-refractivity contribution in [3.05, 3.63) is 32.2 Å². The maximum Gasteiger partial charge on any atom is 0.256 e. The maximum atomic E-state index is 12.6. The van der Waals surface area contributed by atoms with Crippen LogP contribution >= 0.6 is 34.5 Å². The average molecular weight is 387 g/mol. The number of hydrogen-bond acceptors (Lipinski definition) is 6. The molecule has 3 rings (SSSR count). The van der Waals surface area contributed by atoms with E-state index in [1.165, 1.54) is 11.3 Å². The molecule has 128 valence electrons. The second kappa shape index (κ2) is 7.13. The minimum absolute atomic E-state index is 0.0840. The summed E-state index contributed by atoms with van der Waals surface area (Å²) in [5.74, 6) is 1.92. The summed E-state index contributed by atoms with van der Waals surface area (Å²) in [6, 6.07) is 3.43. The number of hydrogen-bond donors (Lipinski definition) is 0. The van der Waals surface area contributed by atoms with Crippen molar-refractivity contribution in [1.82, 2.24) is 14.9 Å². The van der Waals surface area contributed by atoms with Crippen LogP contribution in [0.5, 0.6) is 5.88 Å². The van der Waals surface area contributed by atoms with E-state index in [0.717, 1.165) is 5.82 Å². The highest BCUT2D eigenvalue weighted by atomic mass is 35.5. The number of halogens is 2. The molecule has 1 aliphatic heterocycles. The van der Waals surface area contributed by atoms with E-state index < -0.39 is 0 Å². The molecular formula is C15H16Cl2N4O2S. The Bertz CT molecular complexity index is 760. The zero-order chi connectivity index (χ0) is 17.3. The van der Waals surface area contributed by atoms with E-state index in [9.17, 15) is 4.79 Å². The van der Waals surface area contributed by atoms with Gasteiger partial charge in [-0.15, -0.1) is 11.3 Å². The Hall–Kier alpha value is -1.57. The normalized spacial score (nSPS) is 14.8. The molecule has 0 saturated carbocycles. The van der Waals surface area contributed by atoms with Gasteiger partial charge >= 0.3 is 0 Å². The molecule has 2 aromatic rings. The molecule has 0 unspecified atom stereocenters. The number of aromatic nitrogens is 2. The molecule has 0 bridgehead atoms. The number of thiophene rings is 1. The van der Waals surface area contributed by atoms with Crippen molar-refractivity contribution in [2.24, 2.45) is 0 Å². The minimum Gasteiger partial charge on any atom is -0.481 e. The molecule has 0 atom stereocenters. The van der Waals surface area contributed by atoms with Gasteiger partial charge in [-0.3, -0.25) is 4.79 Å². The Morgan fingerprint density at radius 3 is 2.50 bits per heavy atom. The Balaban J connectivity index is 1.68. The van der Waals surface area contributed by atoms with Crippen molar-refractivity contribution in [3.8, 4) is 5.88 Å². The summed E-state index contributed by atoms with van der Waals surface area (Å²) in [6.45, 7) is 4.37. The van der Waals surface area contributed by atoms with Crippen LogP contribution in [0.1, 0.15) is 16.2 Å². The number of piperazine rings is 1. The molecule has 1 fully saturated rings. The molecule has 0 aromatic carbocycles. The molecule has 9 heteroatoms. The molecular weight excluding hydrogens is 371 g/mol. The number of carbonyl (C=O) groups excluding carboxylic acids is 1. The molecule has 0 aliphatic carbocycles. The first-order valence-corrected chi connectivity index (χ1v) is 8.94. The van der Waals surface area contributed by atoms with Gasteiger partial charge < -0.3 is 14.5 Å². The van der Waals surface area contributed by atoms with Crippen LogP contribution in [-0.4, -0.2) is 54.1 Å². The quantitative estimate of drug-likeness (QED) is 0.810. The van der Waals surface area contributed by atoms with Gasteiger partial charge in [-0.25, -0.2) is 4.98 Å². The largest absolute Gasteiger partial charge is 0.481 e. The number of ether oxygens (including phenoxy) is 1. The molecule has 1 saturated heterocycles. The first kappa shape index (κ1) is 17.3. The molecule has 0 radical (unpaired) electrons. The van der Waals surface area contributed by atoms with E-state index in [-0.39, 0.29) is 5.91 Å². The fourth-order valence-electron chi connectivity index (χ4n) is 2.59. The lowest BCUT2D eigenvalue weighted by Crippen LogP contribution is -2.49. The number of methoxy groups -OCH3 is 1. The lowest BCUT2D eigenvalue weighted by molar-refractivity contribution is 0.0747. The number of nitrogens with zero attached hydrogens (tertiary/aromatic N) is 4. The fourth-order valence-corrected chi connectivity index (χ4v) is 4.03. The Morgan fingerprint density at radius 2 is 1.92 bits per heavy atom. The fraction of sp³-hybridized carbons (Fsp3) is 0.400. The number of anilines is 1. The second-order valence-electron chi connectivity index (χ2n) is 5.33. The van der Waals surface area contributed by atoms with Crippen molar-refractivity contribution in [1.29, 1.82) is 0 Å². The van der Waals surface area contributed by atoms with Gasteiger partial charge in [0.25, 0.3) is 5.91 Å². The maximum absolute atomic E-state index is 12.6. The van der Waals surface area contributed by atoms with Crippen LogP contribution in [0.3, 0.4) is 0 Å². The lowest BCUT2D eigenvalue weighted by Gasteiger charge is -2.35. The SMILES string of the molecule is COc1cc(N2CCN(C(=O)c3cc(Cl)sc3Cl)CC2)nc(C)n1. The minimum atomic E-state index is -0.0840. The van der Waals surface area contributed by atoms with E-state index in [0.29, 0.717) is 52.1 Å². The topological polar surface area (TPSA) is 58.6 Å². The zero-order valence-electron chi connectivity index (χ0n) is 13.3. The number of amides is 1. The summed E-state index contributed by atoms with van der Waals surface area (Å²) in [7, 11) is 1.58. The third-order valence-electron chi connectivity index (χ3n) is 3.79. The van der Waals surface area contributed by atoms with Gasteiger partial charge in [-0.05, 0) is 13.0 Å². The van der Waals surface area contributed by atoms with Gasteiger partial charge in [-0.2, -0.15) is 4.98 Å². The molecule has 1 amide bonds. The lowest BCUT2D eigenvalue weighted by atomic mass is 10.2. The molecule has 0 spiro atoms. The van der Waals surface area contributed by atoms with E-state index >= 15 is 0 Å². The van der Waals surface area contributed by atoms with Crippen molar-refractivity contribution in [2.45, 2.75) is 6.92 Å². The van der Waals surface area contributed by atoms with Gasteiger partial charge in [0, 0.05) is 32.2 Å². The van der Waals surface area contributed by atoms with Crippen LogP contribution in [0.2, 0.25) is 8.67 Å². The highest BCUT2D eigenvalue weighted by Crippen LogP contribution is 2.32. The van der Waals surface area contributed by atoms with Gasteiger partial charge in [-0.1, -0.05) is 23.2 Å². The highest BCUT2D eigenvalue weighted by Gasteiger charge is 2.25. The third-order valence-corrected chi connectivity index (χ3v) is 5.28. The highest BCUT2D eigenvalue weighted by molar-refractivity contribution is 7.20. The summed E-state index contributed by atoms with van der Waals surface area (Å²) in [5, 5.41) is 0. The van der Waals surface area contributed by atoms with Crippen molar-refractivity contribution >= 4 is 46.3 Å². The second-order valence-corrected chi connectivity index (χ2v) is 7.62. The first-order chi connectivity index (χ1) is 11.5. The van der Waals surface area contributed by atoms with Crippen molar-refractivity contribution in [2.75, 3.05) is 38.2 Å². The summed E-state index contributed by atoms with van der Waals surface area (Å²) < 4.78 is 6.14. The molecule has 24 heavy (non-hydrogen) atoms. The number of rotatable bonds is 3. The van der Waals surface area contributed by atoms with E-state index in [2.05, 4.69) is 14.9 Å². The Labute approximate surface area is 154 Å². The number of carbonyl (C=O) groups is 1. The Kier molecular flexibility index (Phi) is 5.12. The van der Waals surface area contributed by atoms with E-state index in [4.69, 9.17) is 27.9 Å². The molecule has 2 aromatic heterocycles.